The van der Waals surface area contributed by atoms with Crippen LogP contribution >= 0.6 is 11.6 Å². The van der Waals surface area contributed by atoms with Gasteiger partial charge in [-0.15, -0.1) is 0 Å². The van der Waals surface area contributed by atoms with E-state index in [1.807, 2.05) is 26.8 Å². The van der Waals surface area contributed by atoms with Crippen molar-refractivity contribution < 1.29 is 9.53 Å². The van der Waals surface area contributed by atoms with E-state index in [1.165, 1.54) is 7.11 Å². The van der Waals surface area contributed by atoms with Crippen molar-refractivity contribution in [1.29, 1.82) is 0 Å². The summed E-state index contributed by atoms with van der Waals surface area (Å²) < 4.78 is 4.72. The molecule has 0 aliphatic heterocycles. The molecule has 0 aliphatic carbocycles. The van der Waals surface area contributed by atoms with Crippen molar-refractivity contribution in [2.24, 2.45) is 0 Å². The number of carbonyl (C=O) groups is 1. The first-order valence-corrected chi connectivity index (χ1v) is 5.23. The fourth-order valence-corrected chi connectivity index (χ4v) is 1.63. The van der Waals surface area contributed by atoms with E-state index in [0.717, 1.165) is 11.1 Å². The molecule has 1 rings (SSSR count). The van der Waals surface area contributed by atoms with Gasteiger partial charge in [0, 0.05) is 5.02 Å². The molecule has 82 valence electrons. The molecule has 0 saturated carbocycles. The summed E-state index contributed by atoms with van der Waals surface area (Å²) in [6.07, 6.45) is 0. The smallest absolute Gasteiger partial charge is 0.338 e. The summed E-state index contributed by atoms with van der Waals surface area (Å²) >= 11 is 5.98. The molecule has 0 atom stereocenters. The van der Waals surface area contributed by atoms with Gasteiger partial charge in [-0.05, 0) is 30.0 Å². The largest absolute Gasteiger partial charge is 0.465 e. The molecule has 2 nitrogen and oxygen atoms in total. The Labute approximate surface area is 95.2 Å². The second-order valence-corrected chi connectivity index (χ2v) is 4.24. The summed E-state index contributed by atoms with van der Waals surface area (Å²) in [5, 5.41) is 0.597. The lowest BCUT2D eigenvalue weighted by atomic mass is 9.95. The lowest BCUT2D eigenvalue weighted by Gasteiger charge is -2.13. The van der Waals surface area contributed by atoms with Gasteiger partial charge in [-0.1, -0.05) is 31.5 Å². The van der Waals surface area contributed by atoms with Crippen molar-refractivity contribution in [1.82, 2.24) is 0 Å². The number of halogens is 1. The Morgan fingerprint density at radius 3 is 2.47 bits per heavy atom. The predicted octanol–water partition coefficient (Wildman–Crippen LogP) is 3.56. The van der Waals surface area contributed by atoms with Gasteiger partial charge in [0.15, 0.2) is 0 Å². The number of benzene rings is 1. The molecule has 0 radical (unpaired) electrons. The molecular weight excluding hydrogens is 212 g/mol. The van der Waals surface area contributed by atoms with Crippen LogP contribution in [0.4, 0.5) is 0 Å². The molecule has 0 bridgehead atoms. The van der Waals surface area contributed by atoms with Gasteiger partial charge >= 0.3 is 5.97 Å². The fraction of sp³-hybridized carbons (Fsp3) is 0.417. The summed E-state index contributed by atoms with van der Waals surface area (Å²) in [4.78, 5) is 11.5. The molecule has 0 N–H and O–H groups in total. The summed E-state index contributed by atoms with van der Waals surface area (Å²) in [6.45, 7) is 6.00. The summed E-state index contributed by atoms with van der Waals surface area (Å²) in [5.74, 6) is -0.0596. The van der Waals surface area contributed by atoms with Crippen LogP contribution in [-0.2, 0) is 4.74 Å². The van der Waals surface area contributed by atoms with Gasteiger partial charge in [0.05, 0.1) is 12.7 Å². The maximum Gasteiger partial charge on any atom is 0.338 e. The summed E-state index contributed by atoms with van der Waals surface area (Å²) in [7, 11) is 1.38. The molecule has 0 heterocycles. The first-order valence-electron chi connectivity index (χ1n) is 4.85. The van der Waals surface area contributed by atoms with Crippen LogP contribution in [0.1, 0.15) is 41.3 Å². The van der Waals surface area contributed by atoms with E-state index in [-0.39, 0.29) is 11.9 Å². The highest BCUT2D eigenvalue weighted by atomic mass is 35.5. The molecule has 1 aromatic carbocycles. The van der Waals surface area contributed by atoms with Crippen molar-refractivity contribution in [3.8, 4) is 0 Å². The van der Waals surface area contributed by atoms with Crippen LogP contribution in [0.25, 0.3) is 0 Å². The second kappa shape index (κ2) is 4.67. The Morgan fingerprint density at radius 1 is 1.40 bits per heavy atom. The van der Waals surface area contributed by atoms with Crippen molar-refractivity contribution >= 4 is 17.6 Å². The molecule has 0 unspecified atom stereocenters. The van der Waals surface area contributed by atoms with Gasteiger partial charge < -0.3 is 4.74 Å². The molecule has 3 heteroatoms. The third-order valence-electron chi connectivity index (χ3n) is 2.36. The number of esters is 1. The van der Waals surface area contributed by atoms with Crippen molar-refractivity contribution in [2.75, 3.05) is 7.11 Å². The highest BCUT2D eigenvalue weighted by Gasteiger charge is 2.16. The third-order valence-corrected chi connectivity index (χ3v) is 2.77. The number of carbonyl (C=O) groups excluding carboxylic acids is 1. The van der Waals surface area contributed by atoms with Crippen LogP contribution in [0.15, 0.2) is 12.1 Å². The maximum absolute atomic E-state index is 11.5. The van der Waals surface area contributed by atoms with E-state index >= 15 is 0 Å². The van der Waals surface area contributed by atoms with E-state index in [2.05, 4.69) is 0 Å². The Balaban J connectivity index is 3.34. The topological polar surface area (TPSA) is 26.3 Å². The SMILES string of the molecule is COC(=O)c1cc(Cl)c(C)cc1C(C)C. The minimum Gasteiger partial charge on any atom is -0.465 e. The van der Waals surface area contributed by atoms with Gasteiger partial charge in [-0.3, -0.25) is 0 Å². The number of ether oxygens (including phenoxy) is 1. The predicted molar refractivity (Wildman–Crippen MR) is 61.6 cm³/mol. The minimum atomic E-state index is -0.333. The molecule has 0 aromatic heterocycles. The van der Waals surface area contributed by atoms with E-state index in [0.29, 0.717) is 10.6 Å². The zero-order chi connectivity index (χ0) is 11.6. The summed E-state index contributed by atoms with van der Waals surface area (Å²) in [5.41, 5.74) is 2.51. The average molecular weight is 227 g/mol. The molecule has 0 saturated heterocycles. The first kappa shape index (κ1) is 12.1. The van der Waals surface area contributed by atoms with Crippen LogP contribution in [0, 0.1) is 6.92 Å². The number of rotatable bonds is 2. The van der Waals surface area contributed by atoms with E-state index in [9.17, 15) is 4.79 Å². The van der Waals surface area contributed by atoms with E-state index in [4.69, 9.17) is 16.3 Å². The van der Waals surface area contributed by atoms with Gasteiger partial charge in [-0.25, -0.2) is 4.79 Å². The standard InChI is InChI=1S/C12H15ClO2/c1-7(2)9-5-8(3)11(13)6-10(9)12(14)15-4/h5-7H,1-4H3. The zero-order valence-corrected chi connectivity index (χ0v) is 10.2. The monoisotopic (exact) mass is 226 g/mol. The maximum atomic E-state index is 11.5. The lowest BCUT2D eigenvalue weighted by Crippen LogP contribution is -2.07. The Morgan fingerprint density at radius 2 is 2.00 bits per heavy atom. The number of hydrogen-bond donors (Lipinski definition) is 0. The zero-order valence-electron chi connectivity index (χ0n) is 9.43. The second-order valence-electron chi connectivity index (χ2n) is 3.83. The first-order chi connectivity index (χ1) is 6.97. The van der Waals surface area contributed by atoms with Crippen LogP contribution in [0.2, 0.25) is 5.02 Å². The number of methoxy groups -OCH3 is 1. The molecule has 0 fully saturated rings. The minimum absolute atomic E-state index is 0.273. The van der Waals surface area contributed by atoms with E-state index < -0.39 is 0 Å². The molecule has 0 aliphatic rings. The van der Waals surface area contributed by atoms with Gasteiger partial charge in [-0.2, -0.15) is 0 Å². The highest BCUT2D eigenvalue weighted by Crippen LogP contribution is 2.26. The van der Waals surface area contributed by atoms with Crippen molar-refractivity contribution in [3.63, 3.8) is 0 Å². The number of hydrogen-bond acceptors (Lipinski definition) is 2. The molecule has 0 spiro atoms. The van der Waals surface area contributed by atoms with E-state index in [1.54, 1.807) is 6.07 Å². The molecule has 0 amide bonds. The normalized spacial score (nSPS) is 10.5. The highest BCUT2D eigenvalue weighted by molar-refractivity contribution is 6.31. The Hall–Kier alpha value is -1.02. The average Bonchev–Trinajstić information content (AvgIpc) is 2.20. The van der Waals surface area contributed by atoms with Gasteiger partial charge in [0.1, 0.15) is 0 Å². The summed E-state index contributed by atoms with van der Waals surface area (Å²) in [6, 6.07) is 3.62. The molecule has 1 aromatic rings. The third kappa shape index (κ3) is 2.51. The molecular formula is C12H15ClO2. The van der Waals surface area contributed by atoms with Crippen molar-refractivity contribution in [2.45, 2.75) is 26.7 Å². The Kier molecular flexibility index (Phi) is 3.75. The van der Waals surface area contributed by atoms with Crippen molar-refractivity contribution in [3.05, 3.63) is 33.8 Å². The van der Waals surface area contributed by atoms with Crippen LogP contribution in [0.5, 0.6) is 0 Å². The lowest BCUT2D eigenvalue weighted by molar-refractivity contribution is 0.0599. The number of aryl methyl sites for hydroxylation is 1. The van der Waals surface area contributed by atoms with Gasteiger partial charge in [0.2, 0.25) is 0 Å². The van der Waals surface area contributed by atoms with Gasteiger partial charge in [0.25, 0.3) is 0 Å². The fourth-order valence-electron chi connectivity index (χ4n) is 1.47. The molecule has 15 heavy (non-hydrogen) atoms. The van der Waals surface area contributed by atoms with Crippen LogP contribution < -0.4 is 0 Å². The van der Waals surface area contributed by atoms with Crippen LogP contribution in [0.3, 0.4) is 0 Å². The quantitative estimate of drug-likeness (QED) is 0.721. The Bertz CT molecular complexity index is 383. The van der Waals surface area contributed by atoms with Crippen LogP contribution in [-0.4, -0.2) is 13.1 Å².